The Kier molecular flexibility index (Phi) is 5.53. The average Bonchev–Trinajstić information content (AvgIpc) is 2.30. The lowest BCUT2D eigenvalue weighted by molar-refractivity contribution is -0.127. The van der Waals surface area contributed by atoms with E-state index in [2.05, 4.69) is 5.32 Å². The summed E-state index contributed by atoms with van der Waals surface area (Å²) in [6.07, 6.45) is 0. The molecule has 0 heterocycles. The molecule has 0 aromatic heterocycles. The summed E-state index contributed by atoms with van der Waals surface area (Å²) in [6, 6.07) is 9.42. The van der Waals surface area contributed by atoms with Gasteiger partial charge in [-0.15, -0.1) is 0 Å². The van der Waals surface area contributed by atoms with Gasteiger partial charge in [0.25, 0.3) is 0 Å². The SMILES string of the molecule is CC(CO)NC(=O)COCc1ccccc1. The van der Waals surface area contributed by atoms with Crippen molar-refractivity contribution in [1.29, 1.82) is 0 Å². The van der Waals surface area contributed by atoms with Crippen molar-refractivity contribution in [2.24, 2.45) is 0 Å². The molecule has 4 heteroatoms. The number of carbonyl (C=O) groups excluding carboxylic acids is 1. The highest BCUT2D eigenvalue weighted by molar-refractivity contribution is 5.77. The Morgan fingerprint density at radius 3 is 2.75 bits per heavy atom. The van der Waals surface area contributed by atoms with Crippen LogP contribution in [0.3, 0.4) is 0 Å². The van der Waals surface area contributed by atoms with Crippen LogP contribution in [0.15, 0.2) is 30.3 Å². The first-order valence-electron chi connectivity index (χ1n) is 5.24. The van der Waals surface area contributed by atoms with E-state index in [1.807, 2.05) is 30.3 Å². The zero-order valence-electron chi connectivity index (χ0n) is 9.35. The maximum atomic E-state index is 11.3. The van der Waals surface area contributed by atoms with Crippen LogP contribution in [0.1, 0.15) is 12.5 Å². The van der Waals surface area contributed by atoms with Crippen LogP contribution in [-0.4, -0.2) is 30.3 Å². The van der Waals surface area contributed by atoms with Crippen molar-refractivity contribution in [1.82, 2.24) is 5.32 Å². The summed E-state index contributed by atoms with van der Waals surface area (Å²) in [5.41, 5.74) is 1.03. The van der Waals surface area contributed by atoms with E-state index >= 15 is 0 Å². The summed E-state index contributed by atoms with van der Waals surface area (Å²) in [5, 5.41) is 11.3. The van der Waals surface area contributed by atoms with Gasteiger partial charge < -0.3 is 15.2 Å². The van der Waals surface area contributed by atoms with Crippen molar-refractivity contribution in [2.45, 2.75) is 19.6 Å². The van der Waals surface area contributed by atoms with Gasteiger partial charge in [0.05, 0.1) is 13.2 Å². The molecule has 1 aromatic rings. The van der Waals surface area contributed by atoms with Gasteiger partial charge in [0.1, 0.15) is 6.61 Å². The molecule has 0 aliphatic carbocycles. The Bertz CT molecular complexity index is 313. The van der Waals surface area contributed by atoms with Crippen LogP contribution in [0, 0.1) is 0 Å². The number of aliphatic hydroxyl groups excluding tert-OH is 1. The largest absolute Gasteiger partial charge is 0.394 e. The third kappa shape index (κ3) is 4.91. The second kappa shape index (κ2) is 6.98. The first kappa shape index (κ1) is 12.7. The van der Waals surface area contributed by atoms with Crippen molar-refractivity contribution in [3.8, 4) is 0 Å². The lowest BCUT2D eigenvalue weighted by atomic mass is 10.2. The molecule has 0 fully saturated rings. The van der Waals surface area contributed by atoms with Crippen LogP contribution in [0.5, 0.6) is 0 Å². The number of ether oxygens (including phenoxy) is 1. The molecule has 0 saturated heterocycles. The van der Waals surface area contributed by atoms with E-state index in [9.17, 15) is 4.79 Å². The van der Waals surface area contributed by atoms with E-state index in [0.717, 1.165) is 5.56 Å². The lowest BCUT2D eigenvalue weighted by Crippen LogP contribution is -2.37. The molecule has 0 aliphatic heterocycles. The lowest BCUT2D eigenvalue weighted by Gasteiger charge is -2.10. The van der Waals surface area contributed by atoms with Crippen molar-refractivity contribution in [3.63, 3.8) is 0 Å². The van der Waals surface area contributed by atoms with E-state index in [1.54, 1.807) is 6.92 Å². The summed E-state index contributed by atoms with van der Waals surface area (Å²) >= 11 is 0. The number of benzene rings is 1. The monoisotopic (exact) mass is 223 g/mol. The fourth-order valence-corrected chi connectivity index (χ4v) is 1.20. The molecular formula is C12H17NO3. The number of aliphatic hydroxyl groups is 1. The highest BCUT2D eigenvalue weighted by Gasteiger charge is 2.05. The smallest absolute Gasteiger partial charge is 0.246 e. The molecular weight excluding hydrogens is 206 g/mol. The number of hydrogen-bond donors (Lipinski definition) is 2. The topological polar surface area (TPSA) is 58.6 Å². The molecule has 4 nitrogen and oxygen atoms in total. The zero-order chi connectivity index (χ0) is 11.8. The molecule has 0 spiro atoms. The summed E-state index contributed by atoms with van der Waals surface area (Å²) in [7, 11) is 0. The van der Waals surface area contributed by atoms with Crippen LogP contribution in [0.25, 0.3) is 0 Å². The van der Waals surface area contributed by atoms with Crippen LogP contribution in [0.2, 0.25) is 0 Å². The molecule has 1 unspecified atom stereocenters. The van der Waals surface area contributed by atoms with Gasteiger partial charge in [-0.05, 0) is 12.5 Å². The van der Waals surface area contributed by atoms with Gasteiger partial charge in [-0.1, -0.05) is 30.3 Å². The summed E-state index contributed by atoms with van der Waals surface area (Å²) in [5.74, 6) is -0.211. The quantitative estimate of drug-likeness (QED) is 0.746. The van der Waals surface area contributed by atoms with Crippen LogP contribution in [0.4, 0.5) is 0 Å². The Morgan fingerprint density at radius 2 is 2.12 bits per heavy atom. The molecule has 1 atom stereocenters. The predicted molar refractivity (Wildman–Crippen MR) is 60.8 cm³/mol. The number of amides is 1. The molecule has 0 saturated carbocycles. The van der Waals surface area contributed by atoms with E-state index in [0.29, 0.717) is 6.61 Å². The summed E-state index contributed by atoms with van der Waals surface area (Å²) in [6.45, 7) is 2.10. The van der Waals surface area contributed by atoms with Gasteiger partial charge in [-0.3, -0.25) is 4.79 Å². The highest BCUT2D eigenvalue weighted by Crippen LogP contribution is 1.99. The van der Waals surface area contributed by atoms with E-state index in [1.165, 1.54) is 0 Å². The Labute approximate surface area is 95.2 Å². The van der Waals surface area contributed by atoms with Gasteiger partial charge in [-0.25, -0.2) is 0 Å². The number of nitrogens with one attached hydrogen (secondary N) is 1. The minimum atomic E-state index is -0.229. The summed E-state index contributed by atoms with van der Waals surface area (Å²) in [4.78, 5) is 11.3. The van der Waals surface area contributed by atoms with Crippen molar-refractivity contribution in [3.05, 3.63) is 35.9 Å². The Morgan fingerprint density at radius 1 is 1.44 bits per heavy atom. The third-order valence-corrected chi connectivity index (χ3v) is 2.03. The van der Waals surface area contributed by atoms with Gasteiger partial charge in [0.15, 0.2) is 0 Å². The first-order chi connectivity index (χ1) is 7.72. The fraction of sp³-hybridized carbons (Fsp3) is 0.417. The number of carbonyl (C=O) groups is 1. The second-order valence-electron chi connectivity index (χ2n) is 3.63. The standard InChI is InChI=1S/C12H17NO3/c1-10(7-14)13-12(15)9-16-8-11-5-3-2-4-6-11/h2-6,10,14H,7-9H2,1H3,(H,13,15). The number of hydrogen-bond acceptors (Lipinski definition) is 3. The minimum absolute atomic E-state index is 0.0131. The molecule has 1 amide bonds. The van der Waals surface area contributed by atoms with Gasteiger partial charge in [0, 0.05) is 6.04 Å². The van der Waals surface area contributed by atoms with E-state index in [-0.39, 0.29) is 25.2 Å². The maximum absolute atomic E-state index is 11.3. The molecule has 2 N–H and O–H groups in total. The second-order valence-corrected chi connectivity index (χ2v) is 3.63. The molecule has 16 heavy (non-hydrogen) atoms. The third-order valence-electron chi connectivity index (χ3n) is 2.03. The van der Waals surface area contributed by atoms with Crippen molar-refractivity contribution < 1.29 is 14.6 Å². The van der Waals surface area contributed by atoms with Crippen molar-refractivity contribution >= 4 is 5.91 Å². The van der Waals surface area contributed by atoms with E-state index in [4.69, 9.17) is 9.84 Å². The van der Waals surface area contributed by atoms with Gasteiger partial charge in [0.2, 0.25) is 5.91 Å². The number of rotatable bonds is 6. The Hall–Kier alpha value is -1.39. The molecule has 0 aliphatic rings. The molecule has 88 valence electrons. The van der Waals surface area contributed by atoms with Gasteiger partial charge >= 0.3 is 0 Å². The molecule has 0 bridgehead atoms. The molecule has 1 rings (SSSR count). The molecule has 1 aromatic carbocycles. The molecule has 0 radical (unpaired) electrons. The maximum Gasteiger partial charge on any atom is 0.246 e. The predicted octanol–water partition coefficient (Wildman–Crippen LogP) is 0.700. The van der Waals surface area contributed by atoms with Crippen LogP contribution >= 0.6 is 0 Å². The van der Waals surface area contributed by atoms with Gasteiger partial charge in [-0.2, -0.15) is 0 Å². The van der Waals surface area contributed by atoms with Crippen LogP contribution < -0.4 is 5.32 Å². The fourth-order valence-electron chi connectivity index (χ4n) is 1.20. The van der Waals surface area contributed by atoms with Crippen molar-refractivity contribution in [2.75, 3.05) is 13.2 Å². The Balaban J connectivity index is 2.18. The summed E-state index contributed by atoms with van der Waals surface area (Å²) < 4.78 is 5.23. The zero-order valence-corrected chi connectivity index (χ0v) is 9.35. The normalized spacial score (nSPS) is 12.1. The minimum Gasteiger partial charge on any atom is -0.394 e. The van der Waals surface area contributed by atoms with Crippen LogP contribution in [-0.2, 0) is 16.1 Å². The van der Waals surface area contributed by atoms with E-state index < -0.39 is 0 Å². The average molecular weight is 223 g/mol. The highest BCUT2D eigenvalue weighted by atomic mass is 16.5. The first-order valence-corrected chi connectivity index (χ1v) is 5.24.